The molecule has 0 aliphatic heterocycles. The van der Waals surface area contributed by atoms with Crippen molar-refractivity contribution in [2.75, 3.05) is 12.4 Å². The first-order chi connectivity index (χ1) is 12.3. The van der Waals surface area contributed by atoms with E-state index in [1.165, 1.54) is 17.5 Å². The Morgan fingerprint density at radius 2 is 1.88 bits per heavy atom. The molecular weight excluding hydrogens is 310 g/mol. The molecule has 0 radical (unpaired) electrons. The maximum atomic E-state index is 5.46. The molecule has 1 heterocycles. The number of benzene rings is 2. The van der Waals surface area contributed by atoms with Crippen LogP contribution >= 0.6 is 0 Å². The molecule has 1 N–H and O–H groups in total. The molecule has 126 valence electrons. The van der Waals surface area contributed by atoms with Gasteiger partial charge in [-0.05, 0) is 42.5 Å². The molecule has 1 aliphatic rings. The summed E-state index contributed by atoms with van der Waals surface area (Å²) in [6.07, 6.45) is 5.08. The van der Waals surface area contributed by atoms with Crippen LogP contribution in [0, 0.1) is 0 Å². The minimum Gasteiger partial charge on any atom is -0.496 e. The van der Waals surface area contributed by atoms with Crippen LogP contribution in [0.1, 0.15) is 30.0 Å². The van der Waals surface area contributed by atoms with Gasteiger partial charge < -0.3 is 10.1 Å². The van der Waals surface area contributed by atoms with E-state index < -0.39 is 0 Å². The molecule has 4 heteroatoms. The van der Waals surface area contributed by atoms with E-state index in [4.69, 9.17) is 4.74 Å². The van der Waals surface area contributed by atoms with Crippen LogP contribution in [0.15, 0.2) is 60.9 Å². The Morgan fingerprint density at radius 3 is 2.80 bits per heavy atom. The highest BCUT2D eigenvalue weighted by Crippen LogP contribution is 2.33. The molecule has 1 aromatic heterocycles. The highest BCUT2D eigenvalue weighted by molar-refractivity contribution is 5.69. The Morgan fingerprint density at radius 1 is 1.04 bits per heavy atom. The molecule has 2 aromatic carbocycles. The topological polar surface area (TPSA) is 47.0 Å². The Hall–Kier alpha value is -2.88. The third kappa shape index (κ3) is 3.20. The number of hydrogen-bond acceptors (Lipinski definition) is 4. The molecular formula is C21H21N3O. The van der Waals surface area contributed by atoms with Gasteiger partial charge in [-0.1, -0.05) is 36.4 Å². The van der Waals surface area contributed by atoms with E-state index in [0.29, 0.717) is 6.04 Å². The second-order valence-electron chi connectivity index (χ2n) is 6.28. The fourth-order valence-electron chi connectivity index (χ4n) is 3.52. The van der Waals surface area contributed by atoms with Crippen molar-refractivity contribution in [1.29, 1.82) is 0 Å². The number of aryl methyl sites for hydroxylation is 1. The highest BCUT2D eigenvalue weighted by atomic mass is 16.5. The number of rotatable bonds is 4. The van der Waals surface area contributed by atoms with Crippen LogP contribution < -0.4 is 10.1 Å². The number of aromatic nitrogens is 2. The molecule has 25 heavy (non-hydrogen) atoms. The molecule has 3 aromatic rings. The second-order valence-corrected chi connectivity index (χ2v) is 6.28. The molecule has 1 atom stereocenters. The van der Waals surface area contributed by atoms with E-state index in [0.717, 1.165) is 35.7 Å². The summed E-state index contributed by atoms with van der Waals surface area (Å²) in [5.74, 6) is 1.66. The molecule has 0 spiro atoms. The smallest absolute Gasteiger partial charge is 0.130 e. The quantitative estimate of drug-likeness (QED) is 0.756. The van der Waals surface area contributed by atoms with Crippen LogP contribution in [-0.4, -0.2) is 17.1 Å². The maximum Gasteiger partial charge on any atom is 0.130 e. The lowest BCUT2D eigenvalue weighted by molar-refractivity contribution is 0.416. The van der Waals surface area contributed by atoms with E-state index >= 15 is 0 Å². The number of ether oxygens (including phenoxy) is 1. The van der Waals surface area contributed by atoms with Gasteiger partial charge in [0.25, 0.3) is 0 Å². The molecule has 1 aliphatic carbocycles. The fraction of sp³-hybridized carbons (Fsp3) is 0.238. The van der Waals surface area contributed by atoms with Crippen molar-refractivity contribution >= 4 is 5.82 Å². The minimum absolute atomic E-state index is 0.297. The summed E-state index contributed by atoms with van der Waals surface area (Å²) in [5.41, 5.74) is 4.65. The fourth-order valence-corrected chi connectivity index (χ4v) is 3.52. The predicted octanol–water partition coefficient (Wildman–Crippen LogP) is 4.64. The standard InChI is InChI=1S/C21H21N3O/c1-25-20-12-5-4-10-17(20)19-13-21(23-14-22-19)24-18-11-6-8-15-7-2-3-9-16(15)18/h2-5,7,9-10,12-14,18H,6,8,11H2,1H3,(H,22,23,24). The van der Waals surface area contributed by atoms with Gasteiger partial charge in [0.2, 0.25) is 0 Å². The Kier molecular flexibility index (Phi) is 4.34. The lowest BCUT2D eigenvalue weighted by atomic mass is 9.88. The number of methoxy groups -OCH3 is 1. The zero-order valence-corrected chi connectivity index (χ0v) is 14.3. The number of nitrogens with one attached hydrogen (secondary N) is 1. The summed E-state index contributed by atoms with van der Waals surface area (Å²) in [7, 11) is 1.68. The monoisotopic (exact) mass is 331 g/mol. The molecule has 4 rings (SSSR count). The van der Waals surface area contributed by atoms with E-state index in [1.807, 2.05) is 30.3 Å². The number of nitrogens with zero attached hydrogens (tertiary/aromatic N) is 2. The van der Waals surface area contributed by atoms with Crippen molar-refractivity contribution in [2.24, 2.45) is 0 Å². The molecule has 0 bridgehead atoms. The number of fused-ring (bicyclic) bond motifs is 1. The summed E-state index contributed by atoms with van der Waals surface area (Å²) in [6.45, 7) is 0. The molecule has 1 unspecified atom stereocenters. The van der Waals surface area contributed by atoms with Gasteiger partial charge in [-0.25, -0.2) is 9.97 Å². The van der Waals surface area contributed by atoms with Crippen molar-refractivity contribution < 1.29 is 4.74 Å². The van der Waals surface area contributed by atoms with Crippen molar-refractivity contribution in [1.82, 2.24) is 9.97 Å². The highest BCUT2D eigenvalue weighted by Gasteiger charge is 2.20. The average molecular weight is 331 g/mol. The normalized spacial score (nSPS) is 16.1. The number of hydrogen-bond donors (Lipinski definition) is 1. The van der Waals surface area contributed by atoms with Gasteiger partial charge in [0, 0.05) is 11.6 Å². The summed E-state index contributed by atoms with van der Waals surface area (Å²) in [4.78, 5) is 8.85. The van der Waals surface area contributed by atoms with Gasteiger partial charge in [-0.2, -0.15) is 0 Å². The molecule has 0 saturated carbocycles. The van der Waals surface area contributed by atoms with E-state index in [1.54, 1.807) is 13.4 Å². The van der Waals surface area contributed by atoms with Gasteiger partial charge in [0.1, 0.15) is 17.9 Å². The van der Waals surface area contributed by atoms with E-state index in [2.05, 4.69) is 39.6 Å². The van der Waals surface area contributed by atoms with Crippen LogP contribution in [0.3, 0.4) is 0 Å². The van der Waals surface area contributed by atoms with Gasteiger partial charge in [0.15, 0.2) is 0 Å². The van der Waals surface area contributed by atoms with Crippen LogP contribution in [0.2, 0.25) is 0 Å². The number of para-hydroxylation sites is 1. The first kappa shape index (κ1) is 15.6. The Bertz CT molecular complexity index is 878. The second kappa shape index (κ2) is 6.93. The minimum atomic E-state index is 0.297. The van der Waals surface area contributed by atoms with Crippen LogP contribution in [-0.2, 0) is 6.42 Å². The van der Waals surface area contributed by atoms with Crippen molar-refractivity contribution in [3.63, 3.8) is 0 Å². The zero-order valence-electron chi connectivity index (χ0n) is 14.3. The van der Waals surface area contributed by atoms with E-state index in [-0.39, 0.29) is 0 Å². The zero-order chi connectivity index (χ0) is 17.1. The SMILES string of the molecule is COc1ccccc1-c1cc(NC2CCCc3ccccc32)ncn1. The summed E-state index contributed by atoms with van der Waals surface area (Å²) < 4.78 is 5.46. The third-order valence-corrected chi connectivity index (χ3v) is 4.74. The largest absolute Gasteiger partial charge is 0.496 e. The van der Waals surface area contributed by atoms with E-state index in [9.17, 15) is 0 Å². The Labute approximate surface area is 147 Å². The van der Waals surface area contributed by atoms with Crippen molar-refractivity contribution in [2.45, 2.75) is 25.3 Å². The van der Waals surface area contributed by atoms with Gasteiger partial charge in [-0.15, -0.1) is 0 Å². The first-order valence-corrected chi connectivity index (χ1v) is 8.65. The molecule has 4 nitrogen and oxygen atoms in total. The van der Waals surface area contributed by atoms with Crippen LogP contribution in [0.4, 0.5) is 5.82 Å². The molecule has 0 amide bonds. The Balaban J connectivity index is 1.63. The molecule has 0 fully saturated rings. The predicted molar refractivity (Wildman–Crippen MR) is 99.8 cm³/mol. The third-order valence-electron chi connectivity index (χ3n) is 4.74. The summed E-state index contributed by atoms with van der Waals surface area (Å²) in [6, 6.07) is 18.9. The van der Waals surface area contributed by atoms with Crippen LogP contribution in [0.25, 0.3) is 11.3 Å². The lowest BCUT2D eigenvalue weighted by Gasteiger charge is -2.26. The maximum absolute atomic E-state index is 5.46. The van der Waals surface area contributed by atoms with Gasteiger partial charge in [0.05, 0.1) is 18.8 Å². The summed E-state index contributed by atoms with van der Waals surface area (Å²) in [5, 5.41) is 3.59. The van der Waals surface area contributed by atoms with Crippen molar-refractivity contribution in [3.05, 3.63) is 72.1 Å². The molecule has 0 saturated heterocycles. The number of anilines is 1. The van der Waals surface area contributed by atoms with Crippen molar-refractivity contribution in [3.8, 4) is 17.0 Å². The first-order valence-electron chi connectivity index (χ1n) is 8.65. The van der Waals surface area contributed by atoms with Gasteiger partial charge >= 0.3 is 0 Å². The lowest BCUT2D eigenvalue weighted by Crippen LogP contribution is -2.17. The van der Waals surface area contributed by atoms with Crippen LogP contribution in [0.5, 0.6) is 5.75 Å². The van der Waals surface area contributed by atoms with Gasteiger partial charge in [-0.3, -0.25) is 0 Å². The summed E-state index contributed by atoms with van der Waals surface area (Å²) >= 11 is 0. The average Bonchev–Trinajstić information content (AvgIpc) is 2.68.